The van der Waals surface area contributed by atoms with E-state index >= 15 is 8.78 Å². The molecule has 0 unspecified atom stereocenters. The van der Waals surface area contributed by atoms with E-state index in [0.717, 1.165) is 34.5 Å². The van der Waals surface area contributed by atoms with E-state index in [2.05, 4.69) is 4.90 Å². The highest BCUT2D eigenvalue weighted by Crippen LogP contribution is 2.42. The molecule has 0 N–H and O–H groups in total. The fourth-order valence-electron chi connectivity index (χ4n) is 5.23. The maximum atomic E-state index is 15.4. The molecule has 200 valence electrons. The first-order chi connectivity index (χ1) is 19.1. The van der Waals surface area contributed by atoms with Crippen LogP contribution in [0.2, 0.25) is 0 Å². The molecule has 3 heterocycles. The van der Waals surface area contributed by atoms with E-state index in [1.807, 2.05) is 113 Å². The number of hydrogen-bond acceptors (Lipinski definition) is 4. The van der Waals surface area contributed by atoms with Gasteiger partial charge in [0.2, 0.25) is 5.88 Å². The summed E-state index contributed by atoms with van der Waals surface area (Å²) in [6.45, 7) is 7.92. The smallest absolute Gasteiger partial charge is 0.219 e. The molecule has 0 aliphatic carbocycles. The number of hydrogen-bond donors (Lipinski definition) is 0. The number of aromatic nitrogens is 2. The van der Waals surface area contributed by atoms with E-state index in [0.29, 0.717) is 11.3 Å². The summed E-state index contributed by atoms with van der Waals surface area (Å²) in [5, 5.41) is 0. The molecule has 4 nitrogen and oxygen atoms in total. The molecule has 0 saturated carbocycles. The van der Waals surface area contributed by atoms with Crippen molar-refractivity contribution >= 4 is 17.2 Å². The lowest BCUT2D eigenvalue weighted by atomic mass is 9.77. The summed E-state index contributed by atoms with van der Waals surface area (Å²) in [5.41, 5.74) is 3.06. The minimum Gasteiger partial charge on any atom is -0.436 e. The molecule has 0 fully saturated rings. The van der Waals surface area contributed by atoms with Gasteiger partial charge in [0.05, 0.1) is 11.4 Å². The lowest BCUT2D eigenvalue weighted by Gasteiger charge is -2.31. The summed E-state index contributed by atoms with van der Waals surface area (Å²) in [6.07, 6.45) is 0. The molecule has 0 saturated heterocycles. The fraction of sp³-hybridized carbons (Fsp3) is 0.176. The average Bonchev–Trinajstić information content (AvgIpc) is 2.95. The van der Waals surface area contributed by atoms with Gasteiger partial charge in [0.1, 0.15) is 11.6 Å². The first-order valence-corrected chi connectivity index (χ1v) is 13.2. The monoisotopic (exact) mass is 533 g/mol. The Morgan fingerprint density at radius 3 is 2.08 bits per heavy atom. The minimum absolute atomic E-state index is 0.0822. The van der Waals surface area contributed by atoms with E-state index in [1.165, 1.54) is 6.07 Å². The minimum atomic E-state index is -0.822. The van der Waals surface area contributed by atoms with Crippen molar-refractivity contribution in [2.75, 3.05) is 4.90 Å². The van der Waals surface area contributed by atoms with E-state index < -0.39 is 22.5 Å². The van der Waals surface area contributed by atoms with Crippen LogP contribution in [0.4, 0.5) is 26.0 Å². The van der Waals surface area contributed by atoms with Gasteiger partial charge in [-0.2, -0.15) is 0 Å². The Kier molecular flexibility index (Phi) is 6.14. The Labute approximate surface area is 232 Å². The van der Waals surface area contributed by atoms with Crippen LogP contribution >= 0.6 is 0 Å². The SMILES string of the molecule is CC1(C)c2cccc(n2)Oc2cc(c(F)cc2F)C(C)(C)c2cccc(c2)N(c2ccccc2)c2cccc1n2. The van der Waals surface area contributed by atoms with Crippen LogP contribution in [0.5, 0.6) is 11.6 Å². The molecule has 3 aromatic carbocycles. The van der Waals surface area contributed by atoms with Gasteiger partial charge in [0, 0.05) is 39.9 Å². The Morgan fingerprint density at radius 2 is 1.30 bits per heavy atom. The molecular weight excluding hydrogens is 504 g/mol. The summed E-state index contributed by atoms with van der Waals surface area (Å²) in [4.78, 5) is 11.9. The average molecular weight is 534 g/mol. The Bertz CT molecular complexity index is 1720. The number of para-hydroxylation sites is 1. The van der Waals surface area contributed by atoms with Crippen molar-refractivity contribution in [1.29, 1.82) is 0 Å². The van der Waals surface area contributed by atoms with E-state index in [1.54, 1.807) is 6.07 Å². The van der Waals surface area contributed by atoms with Gasteiger partial charge in [-0.05, 0) is 67.9 Å². The molecule has 0 radical (unpaired) electrons. The van der Waals surface area contributed by atoms with Crippen molar-refractivity contribution in [2.45, 2.75) is 38.5 Å². The quantitative estimate of drug-likeness (QED) is 0.216. The summed E-state index contributed by atoms with van der Waals surface area (Å²) in [6, 6.07) is 31.6. The molecule has 8 bridgehead atoms. The van der Waals surface area contributed by atoms with Crippen molar-refractivity contribution < 1.29 is 13.5 Å². The molecule has 6 rings (SSSR count). The topological polar surface area (TPSA) is 38.2 Å². The highest BCUT2D eigenvalue weighted by Gasteiger charge is 2.31. The molecule has 0 spiro atoms. The number of ether oxygens (including phenoxy) is 1. The van der Waals surface area contributed by atoms with Crippen LogP contribution in [0.25, 0.3) is 0 Å². The number of anilines is 3. The Morgan fingerprint density at radius 1 is 0.625 bits per heavy atom. The molecule has 5 aromatic rings. The lowest BCUT2D eigenvalue weighted by Crippen LogP contribution is -2.24. The Hall–Kier alpha value is -4.58. The van der Waals surface area contributed by atoms with Crippen molar-refractivity contribution in [3.8, 4) is 11.6 Å². The van der Waals surface area contributed by atoms with Crippen LogP contribution < -0.4 is 9.64 Å². The number of benzene rings is 3. The molecule has 1 aliphatic rings. The van der Waals surface area contributed by atoms with Gasteiger partial charge in [0.15, 0.2) is 11.6 Å². The van der Waals surface area contributed by atoms with E-state index in [-0.39, 0.29) is 11.6 Å². The second-order valence-electron chi connectivity index (χ2n) is 11.1. The third-order valence-corrected chi connectivity index (χ3v) is 7.72. The highest BCUT2D eigenvalue weighted by atomic mass is 19.1. The van der Waals surface area contributed by atoms with Gasteiger partial charge in [-0.3, -0.25) is 4.90 Å². The second kappa shape index (κ2) is 9.56. The zero-order valence-corrected chi connectivity index (χ0v) is 22.8. The zero-order chi connectivity index (χ0) is 28.1. The fourth-order valence-corrected chi connectivity index (χ4v) is 5.23. The van der Waals surface area contributed by atoms with Gasteiger partial charge in [-0.15, -0.1) is 0 Å². The molecule has 40 heavy (non-hydrogen) atoms. The molecular formula is C34H29F2N3O. The van der Waals surface area contributed by atoms with Crippen LogP contribution in [0.3, 0.4) is 0 Å². The zero-order valence-electron chi connectivity index (χ0n) is 22.8. The van der Waals surface area contributed by atoms with Gasteiger partial charge in [-0.1, -0.05) is 56.3 Å². The van der Waals surface area contributed by atoms with Gasteiger partial charge in [0.25, 0.3) is 0 Å². The summed E-state index contributed by atoms with van der Waals surface area (Å²) >= 11 is 0. The molecule has 6 heteroatoms. The van der Waals surface area contributed by atoms with Crippen molar-refractivity contribution in [3.63, 3.8) is 0 Å². The summed E-state index contributed by atoms with van der Waals surface area (Å²) in [7, 11) is 0. The highest BCUT2D eigenvalue weighted by molar-refractivity contribution is 5.75. The number of fused-ring (bicyclic) bond motifs is 8. The largest absolute Gasteiger partial charge is 0.436 e. The maximum Gasteiger partial charge on any atom is 0.219 e. The summed E-state index contributed by atoms with van der Waals surface area (Å²) in [5.74, 6) is -0.555. The van der Waals surface area contributed by atoms with Crippen LogP contribution in [-0.2, 0) is 10.8 Å². The number of pyridine rings is 2. The number of halogens is 2. The molecule has 0 atom stereocenters. The maximum absolute atomic E-state index is 15.4. The lowest BCUT2D eigenvalue weighted by molar-refractivity contribution is 0.414. The summed E-state index contributed by atoms with van der Waals surface area (Å²) < 4.78 is 36.3. The number of nitrogens with zero attached hydrogens (tertiary/aromatic N) is 3. The van der Waals surface area contributed by atoms with Gasteiger partial charge < -0.3 is 4.74 Å². The standard InChI is InChI=1S/C34H29F2N3O/c1-33(2)22-11-8-14-24(19-22)39(23-12-6-5-7-13-23)31-17-9-15-29(37-31)34(3,4)30-16-10-18-32(38-30)40-28-20-25(33)26(35)21-27(28)36/h5-21H,1-4H3. The van der Waals surface area contributed by atoms with E-state index in [9.17, 15) is 0 Å². The molecule has 1 aliphatic heterocycles. The van der Waals surface area contributed by atoms with Crippen molar-refractivity contribution in [1.82, 2.24) is 9.97 Å². The normalized spacial score (nSPS) is 15.3. The molecule has 2 aromatic heterocycles. The Balaban J connectivity index is 1.66. The predicted octanol–water partition coefficient (Wildman–Crippen LogP) is 8.98. The third-order valence-electron chi connectivity index (χ3n) is 7.72. The predicted molar refractivity (Wildman–Crippen MR) is 154 cm³/mol. The van der Waals surface area contributed by atoms with Crippen molar-refractivity contribution in [2.24, 2.45) is 0 Å². The first kappa shape index (κ1) is 25.7. The molecule has 0 amide bonds. The van der Waals surface area contributed by atoms with Gasteiger partial charge >= 0.3 is 0 Å². The van der Waals surface area contributed by atoms with Crippen LogP contribution in [0.15, 0.2) is 103 Å². The number of rotatable bonds is 1. The van der Waals surface area contributed by atoms with Crippen LogP contribution in [-0.4, -0.2) is 9.97 Å². The van der Waals surface area contributed by atoms with Crippen molar-refractivity contribution in [3.05, 3.63) is 137 Å². The van der Waals surface area contributed by atoms with Gasteiger partial charge in [-0.25, -0.2) is 18.7 Å². The first-order valence-electron chi connectivity index (χ1n) is 13.2. The van der Waals surface area contributed by atoms with E-state index in [4.69, 9.17) is 14.7 Å². The van der Waals surface area contributed by atoms with Crippen LogP contribution in [0.1, 0.15) is 50.2 Å². The second-order valence-corrected chi connectivity index (χ2v) is 11.1. The third kappa shape index (κ3) is 4.39. The van der Waals surface area contributed by atoms with Crippen LogP contribution in [0, 0.1) is 11.6 Å².